The number of fused-ring (bicyclic) bond motifs is 1. The van der Waals surface area contributed by atoms with Crippen LogP contribution in [0.4, 0.5) is 15.9 Å². The van der Waals surface area contributed by atoms with Gasteiger partial charge in [0.05, 0.1) is 24.3 Å². The summed E-state index contributed by atoms with van der Waals surface area (Å²) < 4.78 is 25.0. The zero-order valence-electron chi connectivity index (χ0n) is 16.8. The molecular formula is C22H24ClFN4O2. The Morgan fingerprint density at radius 1 is 1.13 bits per heavy atom. The Morgan fingerprint density at radius 2 is 1.97 bits per heavy atom. The summed E-state index contributed by atoms with van der Waals surface area (Å²) in [5, 5.41) is 3.97. The Bertz CT molecular complexity index is 1030. The predicted octanol–water partition coefficient (Wildman–Crippen LogP) is 5.04. The molecule has 1 fully saturated rings. The normalized spacial score (nSPS) is 14.2. The highest BCUT2D eigenvalue weighted by Crippen LogP contribution is 2.35. The monoisotopic (exact) mass is 430 g/mol. The molecule has 2 heterocycles. The summed E-state index contributed by atoms with van der Waals surface area (Å²) in [5.74, 6) is 1.36. The molecule has 0 aliphatic carbocycles. The fourth-order valence-corrected chi connectivity index (χ4v) is 3.80. The van der Waals surface area contributed by atoms with Crippen molar-refractivity contribution in [2.75, 3.05) is 38.7 Å². The van der Waals surface area contributed by atoms with E-state index in [9.17, 15) is 4.39 Å². The molecule has 0 saturated carbocycles. The summed E-state index contributed by atoms with van der Waals surface area (Å²) >= 11 is 5.88. The molecule has 8 heteroatoms. The maximum absolute atomic E-state index is 13.4. The van der Waals surface area contributed by atoms with E-state index < -0.39 is 5.82 Å². The van der Waals surface area contributed by atoms with Crippen molar-refractivity contribution in [3.05, 3.63) is 47.5 Å². The molecule has 0 spiro atoms. The Labute approximate surface area is 180 Å². The number of hydrogen-bond donors (Lipinski definition) is 1. The van der Waals surface area contributed by atoms with Gasteiger partial charge in [-0.2, -0.15) is 0 Å². The molecule has 30 heavy (non-hydrogen) atoms. The van der Waals surface area contributed by atoms with Crippen LogP contribution < -0.4 is 14.8 Å². The summed E-state index contributed by atoms with van der Waals surface area (Å²) in [7, 11) is 1.61. The summed E-state index contributed by atoms with van der Waals surface area (Å²) in [6.07, 6.45) is 5.02. The molecule has 0 bridgehead atoms. The van der Waals surface area contributed by atoms with E-state index in [0.717, 1.165) is 23.9 Å². The van der Waals surface area contributed by atoms with Crippen molar-refractivity contribution in [1.82, 2.24) is 14.9 Å². The highest BCUT2D eigenvalue weighted by atomic mass is 35.5. The first kappa shape index (κ1) is 20.6. The van der Waals surface area contributed by atoms with Crippen molar-refractivity contribution in [2.24, 2.45) is 0 Å². The average molecular weight is 431 g/mol. The molecule has 2 aromatic carbocycles. The van der Waals surface area contributed by atoms with Crippen molar-refractivity contribution in [1.29, 1.82) is 0 Å². The molecule has 4 rings (SSSR count). The van der Waals surface area contributed by atoms with Crippen LogP contribution in [0.25, 0.3) is 10.9 Å². The summed E-state index contributed by atoms with van der Waals surface area (Å²) in [5.41, 5.74) is 1.35. The quantitative estimate of drug-likeness (QED) is 0.505. The van der Waals surface area contributed by atoms with E-state index in [1.54, 1.807) is 13.2 Å². The standard InChI is InChI=1S/C22H24ClFN4O2/c1-29-20-12-16-19(13-21(20)30-10-4-9-28-7-2-3-8-28)25-14-26-22(16)27-15-5-6-18(24)17(23)11-15/h5-6,11-14H,2-4,7-10H2,1H3,(H,25,26,27). The number of anilines is 2. The maximum Gasteiger partial charge on any atom is 0.163 e. The molecule has 6 nitrogen and oxygen atoms in total. The highest BCUT2D eigenvalue weighted by molar-refractivity contribution is 6.31. The first-order chi connectivity index (χ1) is 14.6. The lowest BCUT2D eigenvalue weighted by Gasteiger charge is -2.16. The first-order valence-electron chi connectivity index (χ1n) is 10.0. The number of ether oxygens (including phenoxy) is 2. The van der Waals surface area contributed by atoms with Gasteiger partial charge in [0, 0.05) is 23.7 Å². The number of likely N-dealkylation sites (tertiary alicyclic amines) is 1. The number of rotatable bonds is 8. The Morgan fingerprint density at radius 3 is 2.73 bits per heavy atom. The van der Waals surface area contributed by atoms with E-state index in [4.69, 9.17) is 21.1 Å². The second-order valence-corrected chi connectivity index (χ2v) is 7.65. The highest BCUT2D eigenvalue weighted by Gasteiger charge is 2.14. The second-order valence-electron chi connectivity index (χ2n) is 7.25. The Balaban J connectivity index is 1.51. The third-order valence-electron chi connectivity index (χ3n) is 5.18. The minimum Gasteiger partial charge on any atom is -0.493 e. The molecule has 158 valence electrons. The summed E-state index contributed by atoms with van der Waals surface area (Å²) in [6.45, 7) is 4.03. The predicted molar refractivity (Wildman–Crippen MR) is 117 cm³/mol. The third-order valence-corrected chi connectivity index (χ3v) is 5.47. The van der Waals surface area contributed by atoms with E-state index in [1.807, 2.05) is 12.1 Å². The van der Waals surface area contributed by atoms with Crippen LogP contribution in [0.3, 0.4) is 0 Å². The Kier molecular flexibility index (Phi) is 6.50. The van der Waals surface area contributed by atoms with Crippen LogP contribution in [0.1, 0.15) is 19.3 Å². The SMILES string of the molecule is COc1cc2c(Nc3ccc(F)c(Cl)c3)ncnc2cc1OCCCN1CCCC1. The van der Waals surface area contributed by atoms with Crippen LogP contribution in [-0.2, 0) is 0 Å². The smallest absolute Gasteiger partial charge is 0.163 e. The molecule has 1 aliphatic rings. The van der Waals surface area contributed by atoms with Crippen molar-refractivity contribution in [3.63, 3.8) is 0 Å². The van der Waals surface area contributed by atoms with Crippen LogP contribution in [0.5, 0.6) is 11.5 Å². The second kappa shape index (κ2) is 9.45. The van der Waals surface area contributed by atoms with E-state index in [-0.39, 0.29) is 5.02 Å². The van der Waals surface area contributed by atoms with Crippen molar-refractivity contribution in [3.8, 4) is 11.5 Å². The van der Waals surface area contributed by atoms with Gasteiger partial charge in [-0.1, -0.05) is 11.6 Å². The van der Waals surface area contributed by atoms with Gasteiger partial charge in [0.25, 0.3) is 0 Å². The number of nitrogens with one attached hydrogen (secondary N) is 1. The molecule has 1 saturated heterocycles. The molecule has 1 aliphatic heterocycles. The largest absolute Gasteiger partial charge is 0.493 e. The van der Waals surface area contributed by atoms with Crippen LogP contribution in [0.15, 0.2) is 36.7 Å². The lowest BCUT2D eigenvalue weighted by atomic mass is 10.2. The van der Waals surface area contributed by atoms with Gasteiger partial charge in [0.15, 0.2) is 11.5 Å². The van der Waals surface area contributed by atoms with Gasteiger partial charge >= 0.3 is 0 Å². The summed E-state index contributed by atoms with van der Waals surface area (Å²) in [4.78, 5) is 11.1. The van der Waals surface area contributed by atoms with Gasteiger partial charge < -0.3 is 19.7 Å². The van der Waals surface area contributed by atoms with Crippen LogP contribution in [0.2, 0.25) is 5.02 Å². The van der Waals surface area contributed by atoms with E-state index in [0.29, 0.717) is 29.6 Å². The van der Waals surface area contributed by atoms with Gasteiger partial charge in [-0.15, -0.1) is 0 Å². The average Bonchev–Trinajstić information content (AvgIpc) is 3.27. The zero-order chi connectivity index (χ0) is 20.9. The van der Waals surface area contributed by atoms with Crippen molar-refractivity contribution in [2.45, 2.75) is 19.3 Å². The lowest BCUT2D eigenvalue weighted by Crippen LogP contribution is -2.21. The van der Waals surface area contributed by atoms with Gasteiger partial charge in [-0.05, 0) is 56.6 Å². The molecule has 0 amide bonds. The van der Waals surface area contributed by atoms with Crippen LogP contribution >= 0.6 is 11.6 Å². The number of hydrogen-bond acceptors (Lipinski definition) is 6. The number of nitrogens with zero attached hydrogens (tertiary/aromatic N) is 3. The molecule has 0 radical (unpaired) electrons. The number of aromatic nitrogens is 2. The number of halogens is 2. The van der Waals surface area contributed by atoms with E-state index in [1.165, 1.54) is 44.4 Å². The molecule has 1 aromatic heterocycles. The van der Waals surface area contributed by atoms with Gasteiger partial charge in [-0.3, -0.25) is 0 Å². The van der Waals surface area contributed by atoms with Gasteiger partial charge in [-0.25, -0.2) is 14.4 Å². The fraction of sp³-hybridized carbons (Fsp3) is 0.364. The van der Waals surface area contributed by atoms with Crippen LogP contribution in [-0.4, -0.2) is 48.2 Å². The van der Waals surface area contributed by atoms with E-state index in [2.05, 4.69) is 20.2 Å². The first-order valence-corrected chi connectivity index (χ1v) is 10.4. The van der Waals surface area contributed by atoms with Crippen molar-refractivity contribution < 1.29 is 13.9 Å². The van der Waals surface area contributed by atoms with Crippen molar-refractivity contribution >= 4 is 34.0 Å². The number of benzene rings is 2. The maximum atomic E-state index is 13.4. The fourth-order valence-electron chi connectivity index (χ4n) is 3.62. The molecule has 1 N–H and O–H groups in total. The van der Waals surface area contributed by atoms with Gasteiger partial charge in [0.1, 0.15) is 18.0 Å². The zero-order valence-corrected chi connectivity index (χ0v) is 17.6. The lowest BCUT2D eigenvalue weighted by molar-refractivity contribution is 0.254. The molecular weight excluding hydrogens is 407 g/mol. The molecule has 0 unspecified atom stereocenters. The molecule has 3 aromatic rings. The van der Waals surface area contributed by atoms with E-state index >= 15 is 0 Å². The topological polar surface area (TPSA) is 59.5 Å². The molecule has 0 atom stereocenters. The van der Waals surface area contributed by atoms with Gasteiger partial charge in [0.2, 0.25) is 0 Å². The van der Waals surface area contributed by atoms with Crippen LogP contribution in [0, 0.1) is 5.82 Å². The minimum atomic E-state index is -0.469. The summed E-state index contributed by atoms with van der Waals surface area (Å²) in [6, 6.07) is 8.12. The minimum absolute atomic E-state index is 0.0422. The number of methoxy groups -OCH3 is 1. The third kappa shape index (κ3) is 4.74. The Hall–Kier alpha value is -2.64.